The van der Waals surface area contributed by atoms with Crippen LogP contribution in [0.25, 0.3) is 0 Å². The van der Waals surface area contributed by atoms with Crippen LogP contribution in [0.1, 0.15) is 50.6 Å². The Bertz CT molecular complexity index is 425. The van der Waals surface area contributed by atoms with Crippen LogP contribution in [0.5, 0.6) is 0 Å². The predicted octanol–water partition coefficient (Wildman–Crippen LogP) is 4.26. The zero-order valence-corrected chi connectivity index (χ0v) is 13.7. The molecule has 0 saturated heterocycles. The highest BCUT2D eigenvalue weighted by Crippen LogP contribution is 2.34. The summed E-state index contributed by atoms with van der Waals surface area (Å²) >= 11 is 6.11. The molecule has 0 heterocycles. The maximum absolute atomic E-state index is 6.11. The lowest BCUT2D eigenvalue weighted by Gasteiger charge is -2.38. The van der Waals surface area contributed by atoms with Crippen LogP contribution in [0.4, 0.5) is 0 Å². The van der Waals surface area contributed by atoms with Gasteiger partial charge >= 0.3 is 0 Å². The van der Waals surface area contributed by atoms with Crippen molar-refractivity contribution in [3.8, 4) is 0 Å². The molecule has 2 rings (SSSR count). The molecule has 1 aromatic rings. The smallest absolute Gasteiger partial charge is 0.0409 e. The molecule has 3 heteroatoms. The van der Waals surface area contributed by atoms with Crippen molar-refractivity contribution in [3.05, 3.63) is 34.9 Å². The molecule has 1 atom stereocenters. The molecular weight excluding hydrogens is 268 g/mol. The lowest BCUT2D eigenvalue weighted by atomic mass is 9.94. The van der Waals surface area contributed by atoms with Gasteiger partial charge < -0.3 is 10.2 Å². The number of rotatable bonds is 6. The molecule has 1 fully saturated rings. The fourth-order valence-electron chi connectivity index (χ4n) is 3.35. The highest BCUT2D eigenvalue weighted by molar-refractivity contribution is 6.30. The van der Waals surface area contributed by atoms with Gasteiger partial charge in [0.25, 0.3) is 0 Å². The Morgan fingerprint density at radius 2 is 2.00 bits per heavy atom. The Labute approximate surface area is 128 Å². The monoisotopic (exact) mass is 294 g/mol. The van der Waals surface area contributed by atoms with E-state index < -0.39 is 0 Å². The molecule has 1 aliphatic carbocycles. The standard InChI is InChI=1S/C17H27ClN2/c1-4-16(14-8-7-9-15(18)12-14)19-13-17(20(2)3)10-5-6-11-17/h7-9,12,16,19H,4-6,10-11,13H2,1-3H3. The van der Waals surface area contributed by atoms with E-state index in [9.17, 15) is 0 Å². The summed E-state index contributed by atoms with van der Waals surface area (Å²) in [4.78, 5) is 2.41. The molecule has 1 aliphatic rings. The van der Waals surface area contributed by atoms with Crippen LogP contribution in [-0.2, 0) is 0 Å². The fraction of sp³-hybridized carbons (Fsp3) is 0.647. The molecule has 0 radical (unpaired) electrons. The van der Waals surface area contributed by atoms with Crippen LogP contribution < -0.4 is 5.32 Å². The molecule has 0 bridgehead atoms. The van der Waals surface area contributed by atoms with E-state index >= 15 is 0 Å². The van der Waals surface area contributed by atoms with Gasteiger partial charge in [0.2, 0.25) is 0 Å². The van der Waals surface area contributed by atoms with E-state index in [0.29, 0.717) is 11.6 Å². The van der Waals surface area contributed by atoms with Gasteiger partial charge in [0.1, 0.15) is 0 Å². The average Bonchev–Trinajstić information content (AvgIpc) is 2.90. The first-order chi connectivity index (χ1) is 9.57. The zero-order valence-electron chi connectivity index (χ0n) is 13.0. The summed E-state index contributed by atoms with van der Waals surface area (Å²) in [5, 5.41) is 4.60. The average molecular weight is 295 g/mol. The SMILES string of the molecule is CCC(NCC1(N(C)C)CCCC1)c1cccc(Cl)c1. The fourth-order valence-corrected chi connectivity index (χ4v) is 3.55. The lowest BCUT2D eigenvalue weighted by molar-refractivity contribution is 0.148. The molecule has 0 spiro atoms. The van der Waals surface area contributed by atoms with Gasteiger partial charge in [-0.25, -0.2) is 0 Å². The third-order valence-corrected chi connectivity index (χ3v) is 5.05. The minimum absolute atomic E-state index is 0.339. The maximum atomic E-state index is 6.11. The van der Waals surface area contributed by atoms with Crippen molar-refractivity contribution in [2.24, 2.45) is 0 Å². The summed E-state index contributed by atoms with van der Waals surface area (Å²) in [6.07, 6.45) is 6.41. The van der Waals surface area contributed by atoms with E-state index in [1.54, 1.807) is 0 Å². The van der Waals surface area contributed by atoms with Crippen molar-refractivity contribution >= 4 is 11.6 Å². The summed E-state index contributed by atoms with van der Waals surface area (Å²) in [6.45, 7) is 3.29. The summed E-state index contributed by atoms with van der Waals surface area (Å²) in [5.41, 5.74) is 1.64. The topological polar surface area (TPSA) is 15.3 Å². The molecule has 20 heavy (non-hydrogen) atoms. The number of nitrogens with one attached hydrogen (secondary N) is 1. The molecule has 112 valence electrons. The van der Waals surface area contributed by atoms with Crippen LogP contribution in [0.2, 0.25) is 5.02 Å². The van der Waals surface area contributed by atoms with Gasteiger partial charge in [-0.15, -0.1) is 0 Å². The quantitative estimate of drug-likeness (QED) is 0.843. The number of benzene rings is 1. The largest absolute Gasteiger partial charge is 0.308 e. The van der Waals surface area contributed by atoms with Crippen molar-refractivity contribution in [1.82, 2.24) is 10.2 Å². The van der Waals surface area contributed by atoms with Crippen molar-refractivity contribution in [2.45, 2.75) is 50.6 Å². The number of hydrogen-bond acceptors (Lipinski definition) is 2. The van der Waals surface area contributed by atoms with Crippen LogP contribution in [0.15, 0.2) is 24.3 Å². The molecule has 1 aromatic carbocycles. The van der Waals surface area contributed by atoms with Crippen molar-refractivity contribution in [1.29, 1.82) is 0 Å². The van der Waals surface area contributed by atoms with Gasteiger partial charge in [-0.3, -0.25) is 0 Å². The minimum Gasteiger partial charge on any atom is -0.308 e. The first-order valence-electron chi connectivity index (χ1n) is 7.74. The second-order valence-electron chi connectivity index (χ2n) is 6.22. The van der Waals surface area contributed by atoms with Crippen molar-refractivity contribution < 1.29 is 0 Å². The van der Waals surface area contributed by atoms with Crippen molar-refractivity contribution in [3.63, 3.8) is 0 Å². The van der Waals surface area contributed by atoms with E-state index in [2.05, 4.69) is 43.4 Å². The molecule has 0 amide bonds. The Kier molecular flexibility index (Phi) is 5.48. The minimum atomic E-state index is 0.339. The molecule has 2 nitrogen and oxygen atoms in total. The van der Waals surface area contributed by atoms with E-state index in [1.165, 1.54) is 31.2 Å². The molecule has 1 N–H and O–H groups in total. The third kappa shape index (κ3) is 3.55. The normalized spacial score (nSPS) is 19.4. The maximum Gasteiger partial charge on any atom is 0.0409 e. The number of nitrogens with zero attached hydrogens (tertiary/aromatic N) is 1. The summed E-state index contributed by atoms with van der Waals surface area (Å²) in [7, 11) is 4.43. The van der Waals surface area contributed by atoms with E-state index in [4.69, 9.17) is 11.6 Å². The van der Waals surface area contributed by atoms with E-state index in [0.717, 1.165) is 18.0 Å². The van der Waals surface area contributed by atoms with Gasteiger partial charge in [-0.05, 0) is 51.1 Å². The molecule has 0 aromatic heterocycles. The number of hydrogen-bond donors (Lipinski definition) is 1. The lowest BCUT2D eigenvalue weighted by Crippen LogP contribution is -2.50. The molecule has 0 aliphatic heterocycles. The van der Waals surface area contributed by atoms with E-state index in [1.807, 2.05) is 12.1 Å². The molecular formula is C17H27ClN2. The van der Waals surface area contributed by atoms with Crippen LogP contribution in [-0.4, -0.2) is 31.1 Å². The van der Waals surface area contributed by atoms with Gasteiger partial charge in [0, 0.05) is 23.1 Å². The van der Waals surface area contributed by atoms with E-state index in [-0.39, 0.29) is 0 Å². The van der Waals surface area contributed by atoms with Crippen LogP contribution in [0.3, 0.4) is 0 Å². The summed E-state index contributed by atoms with van der Waals surface area (Å²) in [6, 6.07) is 8.63. The van der Waals surface area contributed by atoms with Crippen LogP contribution >= 0.6 is 11.6 Å². The van der Waals surface area contributed by atoms with Crippen LogP contribution in [0, 0.1) is 0 Å². The Morgan fingerprint density at radius 1 is 1.30 bits per heavy atom. The second kappa shape index (κ2) is 6.93. The van der Waals surface area contributed by atoms with Gasteiger partial charge in [-0.2, -0.15) is 0 Å². The van der Waals surface area contributed by atoms with Gasteiger partial charge in [0.15, 0.2) is 0 Å². The molecule has 1 saturated carbocycles. The summed E-state index contributed by atoms with van der Waals surface area (Å²) < 4.78 is 0. The Balaban J connectivity index is 2.03. The molecule has 1 unspecified atom stereocenters. The third-order valence-electron chi connectivity index (χ3n) is 4.82. The first-order valence-corrected chi connectivity index (χ1v) is 8.11. The highest BCUT2D eigenvalue weighted by atomic mass is 35.5. The highest BCUT2D eigenvalue weighted by Gasteiger charge is 2.36. The van der Waals surface area contributed by atoms with Crippen molar-refractivity contribution in [2.75, 3.05) is 20.6 Å². The second-order valence-corrected chi connectivity index (χ2v) is 6.66. The Hall–Kier alpha value is -0.570. The first kappa shape index (κ1) is 15.8. The Morgan fingerprint density at radius 3 is 2.55 bits per heavy atom. The number of likely N-dealkylation sites (N-methyl/N-ethyl adjacent to an activating group) is 1. The zero-order chi connectivity index (χ0) is 14.6. The number of halogens is 1. The van der Waals surface area contributed by atoms with Gasteiger partial charge in [-0.1, -0.05) is 43.5 Å². The summed E-state index contributed by atoms with van der Waals surface area (Å²) in [5.74, 6) is 0. The predicted molar refractivity (Wildman–Crippen MR) is 87.4 cm³/mol. The van der Waals surface area contributed by atoms with Gasteiger partial charge in [0.05, 0.1) is 0 Å².